The standard InChI is InChI=1S/C16H30N2O4/c1-10(2)7-14(19)17-9-12-5-6-13(16(21)22-12)18-15(20)8-11(3)4/h10-13,16,21H,5-9H2,1-4H3,(H,17,19)(H,18,20). The fourth-order valence-corrected chi connectivity index (χ4v) is 2.47. The van der Waals surface area contributed by atoms with Gasteiger partial charge in [-0.2, -0.15) is 0 Å². The molecule has 0 aromatic heterocycles. The number of rotatable bonds is 7. The summed E-state index contributed by atoms with van der Waals surface area (Å²) in [5.74, 6) is 0.538. The van der Waals surface area contributed by atoms with Crippen molar-refractivity contribution in [2.45, 2.75) is 71.8 Å². The van der Waals surface area contributed by atoms with Gasteiger partial charge >= 0.3 is 0 Å². The van der Waals surface area contributed by atoms with Crippen molar-refractivity contribution in [3.05, 3.63) is 0 Å². The van der Waals surface area contributed by atoms with E-state index >= 15 is 0 Å². The topological polar surface area (TPSA) is 87.7 Å². The number of carbonyl (C=O) groups excluding carboxylic acids is 2. The fraction of sp³-hybridized carbons (Fsp3) is 0.875. The molecule has 1 heterocycles. The second kappa shape index (κ2) is 9.10. The van der Waals surface area contributed by atoms with Gasteiger partial charge in [-0.25, -0.2) is 0 Å². The molecule has 1 saturated heterocycles. The van der Waals surface area contributed by atoms with Gasteiger partial charge < -0.3 is 20.5 Å². The maximum Gasteiger partial charge on any atom is 0.220 e. The highest BCUT2D eigenvalue weighted by Crippen LogP contribution is 2.18. The summed E-state index contributed by atoms with van der Waals surface area (Å²) in [5.41, 5.74) is 0. The van der Waals surface area contributed by atoms with E-state index in [9.17, 15) is 14.7 Å². The summed E-state index contributed by atoms with van der Waals surface area (Å²) < 4.78 is 5.49. The van der Waals surface area contributed by atoms with Crippen LogP contribution in [0.25, 0.3) is 0 Å². The molecular weight excluding hydrogens is 284 g/mol. The van der Waals surface area contributed by atoms with Gasteiger partial charge in [-0.15, -0.1) is 0 Å². The number of hydrogen-bond donors (Lipinski definition) is 3. The number of aliphatic hydroxyl groups excluding tert-OH is 1. The maximum absolute atomic E-state index is 11.7. The molecule has 2 amide bonds. The Balaban J connectivity index is 2.30. The van der Waals surface area contributed by atoms with E-state index < -0.39 is 6.29 Å². The number of ether oxygens (including phenoxy) is 1. The van der Waals surface area contributed by atoms with Gasteiger partial charge in [0.15, 0.2) is 6.29 Å². The van der Waals surface area contributed by atoms with E-state index in [1.807, 2.05) is 27.7 Å². The number of aliphatic hydroxyl groups is 1. The first-order chi connectivity index (χ1) is 10.3. The van der Waals surface area contributed by atoms with Crippen molar-refractivity contribution in [3.63, 3.8) is 0 Å². The molecule has 1 fully saturated rings. The van der Waals surface area contributed by atoms with E-state index in [1.54, 1.807) is 0 Å². The summed E-state index contributed by atoms with van der Waals surface area (Å²) in [6.07, 6.45) is 1.06. The smallest absolute Gasteiger partial charge is 0.220 e. The van der Waals surface area contributed by atoms with Crippen LogP contribution in [0.15, 0.2) is 0 Å². The van der Waals surface area contributed by atoms with E-state index in [0.717, 1.165) is 0 Å². The summed E-state index contributed by atoms with van der Waals surface area (Å²) in [4.78, 5) is 23.3. The molecule has 1 aliphatic heterocycles. The molecule has 0 spiro atoms. The third-order valence-electron chi connectivity index (χ3n) is 3.54. The first-order valence-electron chi connectivity index (χ1n) is 8.17. The molecule has 22 heavy (non-hydrogen) atoms. The van der Waals surface area contributed by atoms with Crippen molar-refractivity contribution in [3.8, 4) is 0 Å². The summed E-state index contributed by atoms with van der Waals surface area (Å²) in [5, 5.41) is 15.6. The summed E-state index contributed by atoms with van der Waals surface area (Å²) in [6.45, 7) is 8.33. The third-order valence-corrected chi connectivity index (χ3v) is 3.54. The molecule has 6 heteroatoms. The minimum Gasteiger partial charge on any atom is -0.366 e. The molecule has 6 nitrogen and oxygen atoms in total. The molecule has 128 valence electrons. The molecular formula is C16H30N2O4. The molecule has 0 radical (unpaired) electrons. The molecule has 1 rings (SSSR count). The second-order valence-electron chi connectivity index (χ2n) is 6.90. The Morgan fingerprint density at radius 3 is 2.23 bits per heavy atom. The van der Waals surface area contributed by atoms with Crippen molar-refractivity contribution >= 4 is 11.8 Å². The molecule has 0 bridgehead atoms. The van der Waals surface area contributed by atoms with Crippen LogP contribution in [0.1, 0.15) is 53.4 Å². The van der Waals surface area contributed by atoms with Crippen molar-refractivity contribution in [1.29, 1.82) is 0 Å². The summed E-state index contributed by atoms with van der Waals surface area (Å²) in [7, 11) is 0. The zero-order valence-corrected chi connectivity index (χ0v) is 14.1. The lowest BCUT2D eigenvalue weighted by atomic mass is 10.0. The normalized spacial score (nSPS) is 25.3. The number of amides is 2. The van der Waals surface area contributed by atoms with Crippen molar-refractivity contribution in [1.82, 2.24) is 10.6 Å². The number of nitrogens with one attached hydrogen (secondary N) is 2. The largest absolute Gasteiger partial charge is 0.366 e. The predicted octanol–water partition coefficient (Wildman–Crippen LogP) is 1.18. The molecule has 3 unspecified atom stereocenters. The van der Waals surface area contributed by atoms with Crippen LogP contribution in [0.4, 0.5) is 0 Å². The van der Waals surface area contributed by atoms with Crippen molar-refractivity contribution < 1.29 is 19.4 Å². The lowest BCUT2D eigenvalue weighted by molar-refractivity contribution is -0.179. The zero-order chi connectivity index (χ0) is 16.7. The highest BCUT2D eigenvalue weighted by molar-refractivity contribution is 5.76. The van der Waals surface area contributed by atoms with Crippen LogP contribution < -0.4 is 10.6 Å². The Kier molecular flexibility index (Phi) is 7.82. The van der Waals surface area contributed by atoms with E-state index in [1.165, 1.54) is 0 Å². The minimum absolute atomic E-state index is 0.000416. The average molecular weight is 314 g/mol. The minimum atomic E-state index is -1.02. The molecule has 0 saturated carbocycles. The molecule has 0 aliphatic carbocycles. The van der Waals surface area contributed by atoms with Gasteiger partial charge in [0, 0.05) is 19.4 Å². The summed E-state index contributed by atoms with van der Waals surface area (Å²) >= 11 is 0. The first-order valence-corrected chi connectivity index (χ1v) is 8.17. The van der Waals surface area contributed by atoms with E-state index in [0.29, 0.717) is 38.1 Å². The Labute approximate surface area is 133 Å². The zero-order valence-electron chi connectivity index (χ0n) is 14.1. The molecule has 3 atom stereocenters. The maximum atomic E-state index is 11.7. The molecule has 0 aromatic carbocycles. The van der Waals surface area contributed by atoms with Gasteiger partial charge in [-0.3, -0.25) is 9.59 Å². The third kappa shape index (κ3) is 7.22. The Bertz CT molecular complexity index is 371. The van der Waals surface area contributed by atoms with Gasteiger partial charge in [0.25, 0.3) is 0 Å². The van der Waals surface area contributed by atoms with E-state index in [4.69, 9.17) is 4.74 Å². The van der Waals surface area contributed by atoms with Crippen LogP contribution in [-0.4, -0.2) is 41.9 Å². The molecule has 3 N–H and O–H groups in total. The van der Waals surface area contributed by atoms with Crippen LogP contribution >= 0.6 is 0 Å². The predicted molar refractivity (Wildman–Crippen MR) is 84.0 cm³/mol. The Hall–Kier alpha value is -1.14. The second-order valence-corrected chi connectivity index (χ2v) is 6.90. The Morgan fingerprint density at radius 1 is 1.09 bits per heavy atom. The Morgan fingerprint density at radius 2 is 1.68 bits per heavy atom. The molecule has 0 aromatic rings. The van der Waals surface area contributed by atoms with Gasteiger partial charge in [0.1, 0.15) is 0 Å². The monoisotopic (exact) mass is 314 g/mol. The van der Waals surface area contributed by atoms with E-state index in [2.05, 4.69) is 10.6 Å². The van der Waals surface area contributed by atoms with Crippen LogP contribution in [0.5, 0.6) is 0 Å². The van der Waals surface area contributed by atoms with Crippen LogP contribution in [0.2, 0.25) is 0 Å². The van der Waals surface area contributed by atoms with E-state index in [-0.39, 0.29) is 29.9 Å². The molecule has 1 aliphatic rings. The van der Waals surface area contributed by atoms with Gasteiger partial charge in [-0.05, 0) is 24.7 Å². The fourth-order valence-electron chi connectivity index (χ4n) is 2.47. The van der Waals surface area contributed by atoms with Gasteiger partial charge in [0.2, 0.25) is 11.8 Å². The van der Waals surface area contributed by atoms with Crippen molar-refractivity contribution in [2.75, 3.05) is 6.54 Å². The van der Waals surface area contributed by atoms with Crippen LogP contribution in [-0.2, 0) is 14.3 Å². The summed E-state index contributed by atoms with van der Waals surface area (Å²) in [6, 6.07) is -0.367. The van der Waals surface area contributed by atoms with Crippen molar-refractivity contribution in [2.24, 2.45) is 11.8 Å². The highest BCUT2D eigenvalue weighted by Gasteiger charge is 2.31. The van der Waals surface area contributed by atoms with Gasteiger partial charge in [0.05, 0.1) is 12.1 Å². The van der Waals surface area contributed by atoms with Crippen LogP contribution in [0.3, 0.4) is 0 Å². The number of carbonyl (C=O) groups is 2. The average Bonchev–Trinajstić information content (AvgIpc) is 2.37. The van der Waals surface area contributed by atoms with Crippen LogP contribution in [0, 0.1) is 11.8 Å². The lowest BCUT2D eigenvalue weighted by Crippen LogP contribution is -2.51. The van der Waals surface area contributed by atoms with Gasteiger partial charge in [-0.1, -0.05) is 27.7 Å². The number of hydrogen-bond acceptors (Lipinski definition) is 4. The quantitative estimate of drug-likeness (QED) is 0.658. The highest BCUT2D eigenvalue weighted by atomic mass is 16.6. The first kappa shape index (κ1) is 18.9. The lowest BCUT2D eigenvalue weighted by Gasteiger charge is -2.34. The SMILES string of the molecule is CC(C)CC(=O)NCC1CCC(NC(=O)CC(C)C)C(O)O1.